The fourth-order valence-electron chi connectivity index (χ4n) is 0.216. The van der Waals surface area contributed by atoms with Crippen molar-refractivity contribution < 1.29 is 61.8 Å². The Hall–Kier alpha value is 0.996. The standard InChI is InChI=1S/C3H3NO2S.K.H/c5-3-1-2-6-7-4-3;;/h1-2H,(H,4,5);;/q;+1;-1. The molecule has 0 spiro atoms. The van der Waals surface area contributed by atoms with Crippen molar-refractivity contribution in [3.05, 3.63) is 12.3 Å². The van der Waals surface area contributed by atoms with Crippen LogP contribution in [0.4, 0.5) is 0 Å². The Bertz CT molecular complexity index is 120. The molecule has 0 aromatic rings. The third-order valence-electron chi connectivity index (χ3n) is 0.465. The van der Waals surface area contributed by atoms with E-state index < -0.39 is 0 Å². The van der Waals surface area contributed by atoms with Gasteiger partial charge in [0.05, 0.1) is 0 Å². The Morgan fingerprint density at radius 3 is 2.88 bits per heavy atom. The second-order valence-electron chi connectivity index (χ2n) is 0.949. The van der Waals surface area contributed by atoms with Crippen molar-refractivity contribution in [1.82, 2.24) is 4.72 Å². The van der Waals surface area contributed by atoms with Crippen LogP contribution in [0.2, 0.25) is 0 Å². The van der Waals surface area contributed by atoms with Crippen LogP contribution in [0.15, 0.2) is 12.3 Å². The molecule has 0 radical (unpaired) electrons. The number of hydrogen-bond donors (Lipinski definition) is 1. The molecule has 40 valence electrons. The normalized spacial score (nSPS) is 15.8. The number of amides is 1. The van der Waals surface area contributed by atoms with Crippen LogP contribution in [0.1, 0.15) is 1.43 Å². The maximum absolute atomic E-state index is 10.2. The van der Waals surface area contributed by atoms with Crippen LogP contribution >= 0.6 is 12.2 Å². The number of nitrogens with one attached hydrogen (secondary N) is 1. The first-order valence-electron chi connectivity index (χ1n) is 1.68. The van der Waals surface area contributed by atoms with Crippen molar-refractivity contribution in [3.63, 3.8) is 0 Å². The molecule has 0 saturated carbocycles. The zero-order chi connectivity index (χ0) is 5.11. The molecule has 0 saturated heterocycles. The second kappa shape index (κ2) is 4.84. The minimum Gasteiger partial charge on any atom is -1.00 e. The van der Waals surface area contributed by atoms with E-state index in [2.05, 4.69) is 8.91 Å². The maximum Gasteiger partial charge on any atom is 1.00 e. The van der Waals surface area contributed by atoms with Crippen LogP contribution in [-0.4, -0.2) is 5.91 Å². The quantitative estimate of drug-likeness (QED) is 0.237. The summed E-state index contributed by atoms with van der Waals surface area (Å²) in [7, 11) is 0. The molecule has 0 aromatic carbocycles. The first kappa shape index (κ1) is 9.00. The van der Waals surface area contributed by atoms with E-state index in [1.807, 2.05) is 0 Å². The van der Waals surface area contributed by atoms with Crippen molar-refractivity contribution >= 4 is 18.1 Å². The van der Waals surface area contributed by atoms with E-state index in [0.29, 0.717) is 0 Å². The van der Waals surface area contributed by atoms with Gasteiger partial charge in [-0.25, -0.2) is 0 Å². The zero-order valence-electron chi connectivity index (χ0n) is 5.38. The minimum atomic E-state index is -0.128. The summed E-state index contributed by atoms with van der Waals surface area (Å²) in [6.07, 6.45) is 2.65. The molecule has 0 aliphatic carbocycles. The smallest absolute Gasteiger partial charge is 1.00 e. The van der Waals surface area contributed by atoms with Gasteiger partial charge in [-0.1, -0.05) is 0 Å². The van der Waals surface area contributed by atoms with Gasteiger partial charge in [0, 0.05) is 6.08 Å². The molecular formula is C3H4KNO2S. The number of carbonyl (C=O) groups is 1. The topological polar surface area (TPSA) is 38.3 Å². The van der Waals surface area contributed by atoms with Crippen molar-refractivity contribution in [1.29, 1.82) is 0 Å². The zero-order valence-corrected chi connectivity index (χ0v) is 8.32. The van der Waals surface area contributed by atoms with E-state index >= 15 is 0 Å². The van der Waals surface area contributed by atoms with Gasteiger partial charge in [0.25, 0.3) is 5.91 Å². The van der Waals surface area contributed by atoms with Crippen molar-refractivity contribution in [3.8, 4) is 0 Å². The van der Waals surface area contributed by atoms with Gasteiger partial charge in [0.2, 0.25) is 0 Å². The van der Waals surface area contributed by atoms with Crippen LogP contribution in [0.5, 0.6) is 0 Å². The molecule has 1 heterocycles. The maximum atomic E-state index is 10.2. The van der Waals surface area contributed by atoms with Gasteiger partial charge < -0.3 is 5.61 Å². The molecule has 1 amide bonds. The second-order valence-corrected chi connectivity index (χ2v) is 1.51. The van der Waals surface area contributed by atoms with E-state index in [0.717, 1.165) is 12.2 Å². The predicted molar refractivity (Wildman–Crippen MR) is 27.1 cm³/mol. The third kappa shape index (κ3) is 3.11. The van der Waals surface area contributed by atoms with E-state index in [1.165, 1.54) is 12.3 Å². The van der Waals surface area contributed by atoms with Gasteiger partial charge in [-0.2, -0.15) is 0 Å². The number of rotatable bonds is 0. The van der Waals surface area contributed by atoms with Crippen molar-refractivity contribution in [2.24, 2.45) is 0 Å². The van der Waals surface area contributed by atoms with Crippen molar-refractivity contribution in [2.45, 2.75) is 0 Å². The summed E-state index contributed by atoms with van der Waals surface area (Å²) in [6.45, 7) is 0. The molecule has 0 fully saturated rings. The molecule has 0 bridgehead atoms. The molecule has 0 atom stereocenters. The van der Waals surface area contributed by atoms with Gasteiger partial charge >= 0.3 is 51.4 Å². The molecule has 0 aromatic heterocycles. The summed E-state index contributed by atoms with van der Waals surface area (Å²) in [5.41, 5.74) is 0. The Balaban J connectivity index is 0. The van der Waals surface area contributed by atoms with E-state index in [1.54, 1.807) is 0 Å². The summed E-state index contributed by atoms with van der Waals surface area (Å²) >= 11 is 0.917. The molecule has 0 unspecified atom stereocenters. The molecule has 1 rings (SSSR count). The monoisotopic (exact) mass is 157 g/mol. The first-order valence-corrected chi connectivity index (χ1v) is 2.42. The number of carbonyl (C=O) groups excluding carboxylic acids is 1. The Labute approximate surface area is 95.5 Å². The average molecular weight is 157 g/mol. The summed E-state index contributed by atoms with van der Waals surface area (Å²) in [5, 5.41) is 0. The molecule has 1 N–H and O–H groups in total. The molecule has 8 heavy (non-hydrogen) atoms. The molecular weight excluding hydrogens is 153 g/mol. The van der Waals surface area contributed by atoms with Gasteiger partial charge in [-0.05, 0) is 0 Å². The Kier molecular flexibility index (Phi) is 5.44. The third-order valence-corrected chi connectivity index (χ3v) is 0.957. The summed E-state index contributed by atoms with van der Waals surface area (Å²) < 4.78 is 6.89. The Morgan fingerprint density at radius 2 is 2.62 bits per heavy atom. The van der Waals surface area contributed by atoms with Gasteiger partial charge in [-0.15, -0.1) is 0 Å². The Morgan fingerprint density at radius 1 is 1.88 bits per heavy atom. The summed E-state index contributed by atoms with van der Waals surface area (Å²) in [6, 6.07) is 0. The largest absolute Gasteiger partial charge is 1.00 e. The van der Waals surface area contributed by atoms with Crippen LogP contribution in [0.3, 0.4) is 0 Å². The van der Waals surface area contributed by atoms with Gasteiger partial charge in [0.1, 0.15) is 6.26 Å². The fraction of sp³-hybridized carbons (Fsp3) is 0. The van der Waals surface area contributed by atoms with Crippen LogP contribution in [0, 0.1) is 0 Å². The van der Waals surface area contributed by atoms with Crippen LogP contribution in [0.25, 0.3) is 0 Å². The van der Waals surface area contributed by atoms with Crippen LogP contribution < -0.4 is 56.1 Å². The average Bonchev–Trinajstić information content (AvgIpc) is 1.69. The fourth-order valence-corrected chi connectivity index (χ4v) is 0.526. The van der Waals surface area contributed by atoms with Crippen LogP contribution in [-0.2, 0) is 8.98 Å². The molecule has 1 aliphatic heterocycles. The SMILES string of the molecule is O=C1C=COSN1.[H-].[K+]. The number of hydrogen-bond acceptors (Lipinski definition) is 3. The molecule has 1 aliphatic rings. The van der Waals surface area contributed by atoms with E-state index in [4.69, 9.17) is 0 Å². The van der Waals surface area contributed by atoms with E-state index in [9.17, 15) is 4.79 Å². The summed E-state index contributed by atoms with van der Waals surface area (Å²) in [5.74, 6) is -0.128. The van der Waals surface area contributed by atoms with Crippen molar-refractivity contribution in [2.75, 3.05) is 0 Å². The summed E-state index contributed by atoms with van der Waals surface area (Å²) in [4.78, 5) is 10.2. The van der Waals surface area contributed by atoms with Gasteiger partial charge in [0.15, 0.2) is 12.2 Å². The molecule has 5 heteroatoms. The van der Waals surface area contributed by atoms with E-state index in [-0.39, 0.29) is 58.7 Å². The molecule has 3 nitrogen and oxygen atoms in total. The first-order chi connectivity index (χ1) is 3.39. The minimum absolute atomic E-state index is 0. The van der Waals surface area contributed by atoms with Gasteiger partial charge in [-0.3, -0.25) is 9.52 Å². The predicted octanol–water partition coefficient (Wildman–Crippen LogP) is -2.67.